The number of carbonyl (C=O) groups excluding carboxylic acids is 2. The van der Waals surface area contributed by atoms with Gasteiger partial charge >= 0.3 is 5.97 Å². The fraction of sp³-hybridized carbons (Fsp3) is 0.438. The maximum absolute atomic E-state index is 12.2. The highest BCUT2D eigenvalue weighted by atomic mass is 16.5. The van der Waals surface area contributed by atoms with Crippen molar-refractivity contribution in [3.63, 3.8) is 0 Å². The summed E-state index contributed by atoms with van der Waals surface area (Å²) in [7, 11) is 1.55. The van der Waals surface area contributed by atoms with Crippen LogP contribution < -0.4 is 9.64 Å². The molecule has 0 saturated carbocycles. The van der Waals surface area contributed by atoms with E-state index in [0.29, 0.717) is 18.0 Å². The third kappa shape index (κ3) is 5.44. The minimum absolute atomic E-state index is 0.0102. The van der Waals surface area contributed by atoms with Crippen molar-refractivity contribution in [1.82, 2.24) is 0 Å². The maximum atomic E-state index is 12.2. The Bertz CT molecular complexity index is 534. The third-order valence-corrected chi connectivity index (χ3v) is 2.92. The first-order valence-electron chi connectivity index (χ1n) is 7.09. The summed E-state index contributed by atoms with van der Waals surface area (Å²) >= 11 is 0. The fourth-order valence-electron chi connectivity index (χ4n) is 1.79. The van der Waals surface area contributed by atoms with Gasteiger partial charge in [-0.15, -0.1) is 0 Å². The van der Waals surface area contributed by atoms with Gasteiger partial charge in [-0.3, -0.25) is 14.5 Å². The van der Waals surface area contributed by atoms with Crippen LogP contribution in [0.5, 0.6) is 5.75 Å². The minimum Gasteiger partial charge on any atom is -0.497 e. The first kappa shape index (κ1) is 17.5. The average Bonchev–Trinajstić information content (AvgIpc) is 2.55. The maximum Gasteiger partial charge on any atom is 0.306 e. The summed E-state index contributed by atoms with van der Waals surface area (Å²) < 4.78 is 9.98. The zero-order valence-corrected chi connectivity index (χ0v) is 12.9. The van der Waals surface area contributed by atoms with Crippen molar-refractivity contribution in [2.75, 3.05) is 25.2 Å². The summed E-state index contributed by atoms with van der Waals surface area (Å²) in [6.07, 6.45) is 0.763. The van der Waals surface area contributed by atoms with E-state index in [9.17, 15) is 9.59 Å². The second-order valence-electron chi connectivity index (χ2n) is 4.56. The van der Waals surface area contributed by atoms with Gasteiger partial charge in [0.1, 0.15) is 12.3 Å². The lowest BCUT2D eigenvalue weighted by Crippen LogP contribution is -2.31. The van der Waals surface area contributed by atoms with Crippen molar-refractivity contribution in [3.8, 4) is 11.8 Å². The summed E-state index contributed by atoms with van der Waals surface area (Å²) in [5.41, 5.74) is 0.592. The quantitative estimate of drug-likeness (QED) is 0.544. The highest BCUT2D eigenvalue weighted by Crippen LogP contribution is 2.20. The van der Waals surface area contributed by atoms with E-state index in [1.54, 1.807) is 31.4 Å². The van der Waals surface area contributed by atoms with Crippen LogP contribution in [-0.2, 0) is 14.3 Å². The summed E-state index contributed by atoms with van der Waals surface area (Å²) in [5, 5.41) is 8.88. The van der Waals surface area contributed by atoms with Crippen LogP contribution in [0.4, 0.5) is 5.69 Å². The molecule has 1 aromatic rings. The van der Waals surface area contributed by atoms with Crippen LogP contribution in [0.1, 0.15) is 26.2 Å². The van der Waals surface area contributed by atoms with Gasteiger partial charge in [0.2, 0.25) is 5.91 Å². The van der Waals surface area contributed by atoms with Crippen LogP contribution in [0.15, 0.2) is 24.3 Å². The van der Waals surface area contributed by atoms with Crippen molar-refractivity contribution in [1.29, 1.82) is 5.26 Å². The Morgan fingerprint density at radius 1 is 1.23 bits per heavy atom. The Kier molecular flexibility index (Phi) is 7.48. The van der Waals surface area contributed by atoms with Gasteiger partial charge in [-0.2, -0.15) is 5.26 Å². The average molecular weight is 304 g/mol. The number of ether oxygens (including phenoxy) is 2. The van der Waals surface area contributed by atoms with Gasteiger partial charge in [0, 0.05) is 12.1 Å². The summed E-state index contributed by atoms with van der Waals surface area (Å²) in [6.45, 7) is 2.18. The van der Waals surface area contributed by atoms with E-state index in [1.807, 2.05) is 13.0 Å². The number of amides is 1. The Balaban J connectivity index is 2.67. The molecule has 0 saturated heterocycles. The van der Waals surface area contributed by atoms with E-state index in [4.69, 9.17) is 14.7 Å². The van der Waals surface area contributed by atoms with E-state index in [1.165, 1.54) is 4.90 Å². The van der Waals surface area contributed by atoms with Gasteiger partial charge in [0.15, 0.2) is 0 Å². The first-order chi connectivity index (χ1) is 10.6. The molecule has 0 radical (unpaired) electrons. The molecule has 0 atom stereocenters. The Morgan fingerprint density at radius 3 is 2.45 bits per heavy atom. The van der Waals surface area contributed by atoms with E-state index in [-0.39, 0.29) is 25.3 Å². The number of methoxy groups -OCH3 is 1. The number of esters is 1. The standard InChI is InChI=1S/C16H20N2O4/c1-3-12-22-16(20)9-8-15(19)18(11-10-17)13-4-6-14(21-2)7-5-13/h4-7H,3,8-9,11-12H2,1-2H3. The summed E-state index contributed by atoms with van der Waals surface area (Å²) in [5.74, 6) is -0.0294. The lowest BCUT2D eigenvalue weighted by molar-refractivity contribution is -0.144. The molecule has 0 spiro atoms. The summed E-state index contributed by atoms with van der Waals surface area (Å²) in [6, 6.07) is 8.77. The number of anilines is 1. The molecule has 1 amide bonds. The van der Waals surface area contributed by atoms with Crippen molar-refractivity contribution in [2.45, 2.75) is 26.2 Å². The van der Waals surface area contributed by atoms with E-state index < -0.39 is 5.97 Å². The molecule has 0 aromatic heterocycles. The second-order valence-corrected chi connectivity index (χ2v) is 4.56. The molecule has 0 aliphatic rings. The molecule has 22 heavy (non-hydrogen) atoms. The van der Waals surface area contributed by atoms with Crippen molar-refractivity contribution < 1.29 is 19.1 Å². The monoisotopic (exact) mass is 304 g/mol. The van der Waals surface area contributed by atoms with Crippen LogP contribution in [-0.4, -0.2) is 32.1 Å². The molecule has 0 aliphatic carbocycles. The molecule has 6 heteroatoms. The largest absolute Gasteiger partial charge is 0.497 e. The number of benzene rings is 1. The van der Waals surface area contributed by atoms with Crippen molar-refractivity contribution >= 4 is 17.6 Å². The topological polar surface area (TPSA) is 79.6 Å². The molecule has 6 nitrogen and oxygen atoms in total. The number of nitriles is 1. The van der Waals surface area contributed by atoms with Crippen LogP contribution in [0.25, 0.3) is 0 Å². The van der Waals surface area contributed by atoms with Gasteiger partial charge in [-0.1, -0.05) is 6.92 Å². The van der Waals surface area contributed by atoms with Crippen LogP contribution in [0.2, 0.25) is 0 Å². The van der Waals surface area contributed by atoms with Crippen LogP contribution >= 0.6 is 0 Å². The van der Waals surface area contributed by atoms with Gasteiger partial charge in [-0.25, -0.2) is 0 Å². The number of hydrogen-bond donors (Lipinski definition) is 0. The number of rotatable bonds is 8. The van der Waals surface area contributed by atoms with Gasteiger partial charge in [0.05, 0.1) is 26.2 Å². The molecule has 118 valence electrons. The molecule has 1 rings (SSSR count). The normalized spacial score (nSPS) is 9.68. The Labute approximate surface area is 130 Å². The molecule has 0 heterocycles. The SMILES string of the molecule is CCCOC(=O)CCC(=O)N(CC#N)c1ccc(OC)cc1. The van der Waals surface area contributed by atoms with Crippen LogP contribution in [0.3, 0.4) is 0 Å². The van der Waals surface area contributed by atoms with E-state index in [0.717, 1.165) is 6.42 Å². The molecule has 0 bridgehead atoms. The predicted molar refractivity (Wildman–Crippen MR) is 81.4 cm³/mol. The summed E-state index contributed by atoms with van der Waals surface area (Å²) in [4.78, 5) is 25.0. The second kappa shape index (κ2) is 9.40. The first-order valence-corrected chi connectivity index (χ1v) is 7.09. The zero-order valence-electron chi connectivity index (χ0n) is 12.9. The number of hydrogen-bond acceptors (Lipinski definition) is 5. The van der Waals surface area contributed by atoms with Gasteiger partial charge in [-0.05, 0) is 30.7 Å². The van der Waals surface area contributed by atoms with Crippen LogP contribution in [0, 0.1) is 11.3 Å². The van der Waals surface area contributed by atoms with E-state index in [2.05, 4.69) is 0 Å². The highest BCUT2D eigenvalue weighted by molar-refractivity contribution is 5.95. The zero-order chi connectivity index (χ0) is 16.4. The molecule has 0 aliphatic heterocycles. The lowest BCUT2D eigenvalue weighted by Gasteiger charge is -2.19. The molecule has 1 aromatic carbocycles. The Hall–Kier alpha value is -2.55. The number of carbonyl (C=O) groups is 2. The fourth-order valence-corrected chi connectivity index (χ4v) is 1.79. The lowest BCUT2D eigenvalue weighted by atomic mass is 10.2. The molecular formula is C16H20N2O4. The van der Waals surface area contributed by atoms with Crippen molar-refractivity contribution in [2.24, 2.45) is 0 Å². The smallest absolute Gasteiger partial charge is 0.306 e. The highest BCUT2D eigenvalue weighted by Gasteiger charge is 2.17. The van der Waals surface area contributed by atoms with Gasteiger partial charge < -0.3 is 9.47 Å². The molecular weight excluding hydrogens is 284 g/mol. The Morgan fingerprint density at radius 2 is 1.91 bits per heavy atom. The van der Waals surface area contributed by atoms with Crippen molar-refractivity contribution in [3.05, 3.63) is 24.3 Å². The van der Waals surface area contributed by atoms with E-state index >= 15 is 0 Å². The molecule has 0 unspecified atom stereocenters. The number of nitrogens with zero attached hydrogens (tertiary/aromatic N) is 2. The molecule has 0 fully saturated rings. The predicted octanol–water partition coefficient (Wildman–Crippen LogP) is 2.29. The minimum atomic E-state index is -0.401. The third-order valence-electron chi connectivity index (χ3n) is 2.92. The van der Waals surface area contributed by atoms with Gasteiger partial charge in [0.25, 0.3) is 0 Å². The molecule has 0 N–H and O–H groups in total.